The molecule has 2 heterocycles. The predicted octanol–water partition coefficient (Wildman–Crippen LogP) is 1.81. The van der Waals surface area contributed by atoms with Gasteiger partial charge in [-0.2, -0.15) is 0 Å². The van der Waals surface area contributed by atoms with Gasteiger partial charge < -0.3 is 14.7 Å². The molecule has 2 rings (SSSR count). The van der Waals surface area contributed by atoms with E-state index in [9.17, 15) is 0 Å². The Morgan fingerprint density at radius 3 is 2.69 bits per heavy atom. The molecule has 0 amide bonds. The number of aromatic nitrogens is 3. The average Bonchev–Trinajstić information content (AvgIpc) is 2.84. The maximum atomic E-state index is 5.87. The highest BCUT2D eigenvalue weighted by molar-refractivity contribution is 5.08. The van der Waals surface area contributed by atoms with Gasteiger partial charge in [0.25, 0.3) is 0 Å². The standard InChI is InChI=1S/C11H16N4O/c1-7-4-14-11(16-7)9(3)15-6-13-5-10(15)8(2)12/h4-6,8-9H,12H2,1-3H3. The Kier molecular flexibility index (Phi) is 2.78. The topological polar surface area (TPSA) is 69.9 Å². The summed E-state index contributed by atoms with van der Waals surface area (Å²) in [7, 11) is 0. The lowest BCUT2D eigenvalue weighted by Crippen LogP contribution is -2.15. The predicted molar refractivity (Wildman–Crippen MR) is 59.9 cm³/mol. The van der Waals surface area contributed by atoms with Crippen molar-refractivity contribution in [3.8, 4) is 0 Å². The minimum absolute atomic E-state index is 0.0113. The highest BCUT2D eigenvalue weighted by Gasteiger charge is 2.17. The molecule has 0 saturated carbocycles. The number of nitrogens with two attached hydrogens (primary N) is 1. The van der Waals surface area contributed by atoms with Gasteiger partial charge in [-0.25, -0.2) is 9.97 Å². The second kappa shape index (κ2) is 4.09. The second-order valence-electron chi connectivity index (χ2n) is 4.00. The Morgan fingerprint density at radius 1 is 1.38 bits per heavy atom. The molecular formula is C11H16N4O. The molecule has 2 aromatic rings. The zero-order valence-corrected chi connectivity index (χ0v) is 9.71. The first-order chi connectivity index (χ1) is 7.59. The van der Waals surface area contributed by atoms with Crippen LogP contribution in [-0.4, -0.2) is 14.5 Å². The maximum absolute atomic E-state index is 5.87. The highest BCUT2D eigenvalue weighted by Crippen LogP contribution is 2.21. The van der Waals surface area contributed by atoms with Gasteiger partial charge in [-0.3, -0.25) is 0 Å². The molecule has 0 aromatic carbocycles. The summed E-state index contributed by atoms with van der Waals surface area (Å²) in [6.07, 6.45) is 5.24. The maximum Gasteiger partial charge on any atom is 0.217 e. The van der Waals surface area contributed by atoms with Crippen LogP contribution < -0.4 is 5.73 Å². The fourth-order valence-electron chi connectivity index (χ4n) is 1.68. The molecule has 5 nitrogen and oxygen atoms in total. The van der Waals surface area contributed by atoms with E-state index in [2.05, 4.69) is 9.97 Å². The van der Waals surface area contributed by atoms with E-state index >= 15 is 0 Å². The van der Waals surface area contributed by atoms with Crippen LogP contribution in [0.5, 0.6) is 0 Å². The van der Waals surface area contributed by atoms with Crippen molar-refractivity contribution in [2.75, 3.05) is 0 Å². The zero-order chi connectivity index (χ0) is 11.7. The molecule has 2 atom stereocenters. The number of oxazole rings is 1. The van der Waals surface area contributed by atoms with E-state index in [0.29, 0.717) is 5.89 Å². The Balaban J connectivity index is 2.33. The lowest BCUT2D eigenvalue weighted by Gasteiger charge is -2.15. The van der Waals surface area contributed by atoms with Crippen molar-refractivity contribution < 1.29 is 4.42 Å². The van der Waals surface area contributed by atoms with E-state index in [4.69, 9.17) is 10.2 Å². The van der Waals surface area contributed by atoms with E-state index in [-0.39, 0.29) is 12.1 Å². The Hall–Kier alpha value is -1.62. The van der Waals surface area contributed by atoms with Crippen LogP contribution in [0.1, 0.15) is 43.3 Å². The second-order valence-corrected chi connectivity index (χ2v) is 4.00. The van der Waals surface area contributed by atoms with Gasteiger partial charge in [0.1, 0.15) is 11.8 Å². The SMILES string of the molecule is Cc1cnc(C(C)n2cncc2C(C)N)o1. The first-order valence-electron chi connectivity index (χ1n) is 5.29. The Labute approximate surface area is 94.3 Å². The molecule has 0 fully saturated rings. The van der Waals surface area contributed by atoms with Crippen molar-refractivity contribution in [2.45, 2.75) is 32.9 Å². The molecule has 2 aromatic heterocycles. The van der Waals surface area contributed by atoms with E-state index in [1.165, 1.54) is 0 Å². The van der Waals surface area contributed by atoms with Crippen molar-refractivity contribution in [2.24, 2.45) is 5.73 Å². The minimum Gasteiger partial charge on any atom is -0.444 e. The van der Waals surface area contributed by atoms with Crippen LogP contribution in [0.3, 0.4) is 0 Å². The largest absolute Gasteiger partial charge is 0.444 e. The van der Waals surface area contributed by atoms with Gasteiger partial charge >= 0.3 is 0 Å². The summed E-state index contributed by atoms with van der Waals surface area (Å²) in [4.78, 5) is 8.33. The number of hydrogen-bond acceptors (Lipinski definition) is 4. The molecule has 2 N–H and O–H groups in total. The smallest absolute Gasteiger partial charge is 0.217 e. The summed E-state index contributed by atoms with van der Waals surface area (Å²) in [6, 6.07) is -0.0433. The molecule has 2 unspecified atom stereocenters. The van der Waals surface area contributed by atoms with Gasteiger partial charge in [-0.05, 0) is 20.8 Å². The first kappa shape index (κ1) is 10.9. The van der Waals surface area contributed by atoms with Gasteiger partial charge in [0.15, 0.2) is 0 Å². The number of nitrogens with zero attached hydrogens (tertiary/aromatic N) is 3. The van der Waals surface area contributed by atoms with E-state index in [1.54, 1.807) is 18.7 Å². The van der Waals surface area contributed by atoms with Crippen LogP contribution in [0.15, 0.2) is 23.1 Å². The molecule has 86 valence electrons. The van der Waals surface area contributed by atoms with Crippen LogP contribution in [0, 0.1) is 6.92 Å². The molecule has 16 heavy (non-hydrogen) atoms. The third-order valence-electron chi connectivity index (χ3n) is 2.58. The van der Waals surface area contributed by atoms with Crippen molar-refractivity contribution in [1.29, 1.82) is 0 Å². The van der Waals surface area contributed by atoms with Gasteiger partial charge in [0, 0.05) is 12.2 Å². The molecule has 0 spiro atoms. The van der Waals surface area contributed by atoms with E-state index in [0.717, 1.165) is 11.5 Å². The minimum atomic E-state index is -0.0546. The van der Waals surface area contributed by atoms with Crippen LogP contribution >= 0.6 is 0 Å². The van der Waals surface area contributed by atoms with Crippen LogP contribution in [0.25, 0.3) is 0 Å². The molecule has 0 aliphatic heterocycles. The van der Waals surface area contributed by atoms with E-state index in [1.807, 2.05) is 25.3 Å². The third-order valence-corrected chi connectivity index (χ3v) is 2.58. The third kappa shape index (κ3) is 1.86. The van der Waals surface area contributed by atoms with Gasteiger partial charge in [0.2, 0.25) is 5.89 Å². The lowest BCUT2D eigenvalue weighted by atomic mass is 10.2. The van der Waals surface area contributed by atoms with Gasteiger partial charge in [0.05, 0.1) is 18.2 Å². The van der Waals surface area contributed by atoms with Crippen LogP contribution in [0.2, 0.25) is 0 Å². The Morgan fingerprint density at radius 2 is 2.12 bits per heavy atom. The van der Waals surface area contributed by atoms with Crippen molar-refractivity contribution in [3.63, 3.8) is 0 Å². The fraction of sp³-hybridized carbons (Fsp3) is 0.455. The summed E-state index contributed by atoms with van der Waals surface area (Å²) in [6.45, 7) is 5.82. The van der Waals surface area contributed by atoms with Gasteiger partial charge in [-0.1, -0.05) is 0 Å². The first-order valence-corrected chi connectivity index (χ1v) is 5.29. The van der Waals surface area contributed by atoms with Crippen molar-refractivity contribution >= 4 is 0 Å². The molecule has 0 saturated heterocycles. The van der Waals surface area contributed by atoms with Crippen molar-refractivity contribution in [1.82, 2.24) is 14.5 Å². The van der Waals surface area contributed by atoms with Gasteiger partial charge in [-0.15, -0.1) is 0 Å². The van der Waals surface area contributed by atoms with Crippen molar-refractivity contribution in [3.05, 3.63) is 36.1 Å². The monoisotopic (exact) mass is 220 g/mol. The average molecular weight is 220 g/mol. The quantitative estimate of drug-likeness (QED) is 0.856. The van der Waals surface area contributed by atoms with Crippen LogP contribution in [-0.2, 0) is 0 Å². The molecule has 0 aliphatic rings. The number of aryl methyl sites for hydroxylation is 1. The summed E-state index contributed by atoms with van der Waals surface area (Å²) in [5.41, 5.74) is 6.84. The van der Waals surface area contributed by atoms with E-state index < -0.39 is 0 Å². The summed E-state index contributed by atoms with van der Waals surface area (Å²) in [5.74, 6) is 1.49. The lowest BCUT2D eigenvalue weighted by molar-refractivity contribution is 0.407. The summed E-state index contributed by atoms with van der Waals surface area (Å²) < 4.78 is 7.49. The molecule has 5 heteroatoms. The zero-order valence-electron chi connectivity index (χ0n) is 9.71. The molecular weight excluding hydrogens is 204 g/mol. The number of rotatable bonds is 3. The van der Waals surface area contributed by atoms with Crippen LogP contribution in [0.4, 0.5) is 0 Å². The summed E-state index contributed by atoms with van der Waals surface area (Å²) >= 11 is 0. The highest BCUT2D eigenvalue weighted by atomic mass is 16.4. The molecule has 0 radical (unpaired) electrons. The normalized spacial score (nSPS) is 15.0. The molecule has 0 bridgehead atoms. The number of hydrogen-bond donors (Lipinski definition) is 1. The Bertz CT molecular complexity index is 472. The summed E-state index contributed by atoms with van der Waals surface area (Å²) in [5, 5.41) is 0. The number of imidazole rings is 1. The fourth-order valence-corrected chi connectivity index (χ4v) is 1.68. The molecule has 0 aliphatic carbocycles.